The summed E-state index contributed by atoms with van der Waals surface area (Å²) in [7, 11) is 0.279. The molecule has 1 aliphatic carbocycles. The van der Waals surface area contributed by atoms with Crippen LogP contribution in [0.4, 0.5) is 5.82 Å². The minimum atomic E-state index is -1.48. The molecule has 7 heteroatoms. The maximum Gasteiger partial charge on any atom is 0.156 e. The smallest absolute Gasteiger partial charge is 0.156 e. The Bertz CT molecular complexity index is 836. The number of rotatable bonds is 4. The SMILES string of the molecule is CN(C1=CCCC(Cl)=C1)S(=O)c1cc(-c2ccncc2)cnc1N. The number of pyridine rings is 2. The third kappa shape index (κ3) is 3.49. The minimum Gasteiger partial charge on any atom is -0.383 e. The fraction of sp³-hybridized carbons (Fsp3) is 0.176. The van der Waals surface area contributed by atoms with Crippen LogP contribution < -0.4 is 5.73 Å². The van der Waals surface area contributed by atoms with Crippen molar-refractivity contribution in [1.29, 1.82) is 0 Å². The van der Waals surface area contributed by atoms with Crippen LogP contribution in [0, 0.1) is 0 Å². The van der Waals surface area contributed by atoms with Gasteiger partial charge in [-0.3, -0.25) is 9.29 Å². The third-order valence-corrected chi connectivity index (χ3v) is 5.45. The first-order chi connectivity index (χ1) is 11.6. The van der Waals surface area contributed by atoms with E-state index in [9.17, 15) is 4.21 Å². The van der Waals surface area contributed by atoms with Gasteiger partial charge in [0.1, 0.15) is 10.7 Å². The average molecular weight is 361 g/mol. The summed E-state index contributed by atoms with van der Waals surface area (Å²) in [5, 5.41) is 0.757. The Kier molecular flexibility index (Phi) is 4.97. The van der Waals surface area contributed by atoms with E-state index in [2.05, 4.69) is 9.97 Å². The molecule has 24 heavy (non-hydrogen) atoms. The fourth-order valence-corrected chi connectivity index (χ4v) is 3.70. The van der Waals surface area contributed by atoms with Crippen molar-refractivity contribution in [3.63, 3.8) is 0 Å². The van der Waals surface area contributed by atoms with Gasteiger partial charge in [-0.05, 0) is 42.7 Å². The number of aromatic nitrogens is 2. The molecule has 0 saturated heterocycles. The van der Waals surface area contributed by atoms with E-state index in [1.165, 1.54) is 0 Å². The molecular formula is C17H17ClN4OS. The van der Waals surface area contributed by atoms with E-state index < -0.39 is 11.0 Å². The Labute approximate surface area is 148 Å². The lowest BCUT2D eigenvalue weighted by molar-refractivity contribution is 0.610. The van der Waals surface area contributed by atoms with Crippen LogP contribution in [-0.2, 0) is 11.0 Å². The van der Waals surface area contributed by atoms with Gasteiger partial charge in [-0.2, -0.15) is 0 Å². The monoisotopic (exact) mass is 360 g/mol. The molecule has 2 heterocycles. The van der Waals surface area contributed by atoms with Crippen molar-refractivity contribution < 1.29 is 4.21 Å². The average Bonchev–Trinajstić information content (AvgIpc) is 2.61. The van der Waals surface area contributed by atoms with Gasteiger partial charge in [0.25, 0.3) is 0 Å². The van der Waals surface area contributed by atoms with Gasteiger partial charge >= 0.3 is 0 Å². The van der Waals surface area contributed by atoms with Crippen LogP contribution in [0.15, 0.2) is 64.6 Å². The molecule has 0 fully saturated rings. The number of nitrogens with zero attached hydrogens (tertiary/aromatic N) is 3. The Balaban J connectivity index is 1.94. The molecule has 5 nitrogen and oxygen atoms in total. The van der Waals surface area contributed by atoms with Crippen molar-refractivity contribution in [1.82, 2.24) is 14.3 Å². The van der Waals surface area contributed by atoms with Crippen LogP contribution in [0.1, 0.15) is 12.8 Å². The molecule has 0 bridgehead atoms. The number of hydrogen-bond donors (Lipinski definition) is 1. The minimum absolute atomic E-state index is 0.254. The lowest BCUT2D eigenvalue weighted by Crippen LogP contribution is -2.22. The summed E-state index contributed by atoms with van der Waals surface area (Å²) in [5.41, 5.74) is 8.56. The normalized spacial score (nSPS) is 15.4. The zero-order valence-corrected chi connectivity index (χ0v) is 14.7. The van der Waals surface area contributed by atoms with Crippen molar-refractivity contribution >= 4 is 28.4 Å². The molecule has 0 aliphatic heterocycles. The van der Waals surface area contributed by atoms with Gasteiger partial charge < -0.3 is 5.73 Å². The van der Waals surface area contributed by atoms with Gasteiger partial charge in [-0.15, -0.1) is 0 Å². The Morgan fingerprint density at radius 2 is 2.04 bits per heavy atom. The van der Waals surface area contributed by atoms with Gasteiger partial charge in [0.2, 0.25) is 0 Å². The second-order valence-corrected chi connectivity index (χ2v) is 7.32. The Hall–Kier alpha value is -2.18. The van der Waals surface area contributed by atoms with Gasteiger partial charge in [0.05, 0.1) is 0 Å². The fourth-order valence-electron chi connectivity index (χ4n) is 2.41. The molecule has 2 N–H and O–H groups in total. The summed E-state index contributed by atoms with van der Waals surface area (Å²) >= 11 is 6.09. The maximum atomic E-state index is 12.9. The van der Waals surface area contributed by atoms with Crippen LogP contribution in [0.25, 0.3) is 11.1 Å². The van der Waals surface area contributed by atoms with Crippen LogP contribution in [0.3, 0.4) is 0 Å². The number of nitrogen functional groups attached to an aromatic ring is 1. The molecule has 2 aromatic rings. The molecule has 2 aromatic heterocycles. The van der Waals surface area contributed by atoms with Crippen molar-refractivity contribution in [2.75, 3.05) is 12.8 Å². The van der Waals surface area contributed by atoms with E-state index in [-0.39, 0.29) is 5.82 Å². The molecule has 0 saturated carbocycles. The molecule has 0 radical (unpaired) electrons. The highest BCUT2D eigenvalue weighted by Crippen LogP contribution is 2.28. The first kappa shape index (κ1) is 16.7. The van der Waals surface area contributed by atoms with Crippen LogP contribution in [0.5, 0.6) is 0 Å². The molecule has 3 rings (SSSR count). The van der Waals surface area contributed by atoms with E-state index in [1.807, 2.05) is 24.3 Å². The molecule has 1 unspecified atom stereocenters. The summed E-state index contributed by atoms with van der Waals surface area (Å²) in [6, 6.07) is 5.55. The second kappa shape index (κ2) is 7.15. The maximum absolute atomic E-state index is 12.9. The quantitative estimate of drug-likeness (QED) is 0.905. The van der Waals surface area contributed by atoms with Gasteiger partial charge in [0.15, 0.2) is 11.0 Å². The van der Waals surface area contributed by atoms with E-state index >= 15 is 0 Å². The van der Waals surface area contributed by atoms with E-state index in [1.54, 1.807) is 36.0 Å². The topological polar surface area (TPSA) is 72.1 Å². The first-order valence-corrected chi connectivity index (χ1v) is 8.92. The highest BCUT2D eigenvalue weighted by molar-refractivity contribution is 7.83. The highest BCUT2D eigenvalue weighted by atomic mass is 35.5. The zero-order chi connectivity index (χ0) is 17.1. The first-order valence-electron chi connectivity index (χ1n) is 7.44. The summed E-state index contributed by atoms with van der Waals surface area (Å²) in [5.74, 6) is 0.254. The standard InChI is InChI=1S/C17H17ClN4OS/c1-22(15-4-2-3-14(18)10-15)24(23)16-9-13(11-21-17(16)19)12-5-7-20-8-6-12/h4-11H,2-3H2,1H3,(H2,19,21). The van der Waals surface area contributed by atoms with Crippen LogP contribution >= 0.6 is 11.6 Å². The number of hydrogen-bond acceptors (Lipinski definition) is 4. The molecule has 0 aromatic carbocycles. The Morgan fingerprint density at radius 1 is 1.29 bits per heavy atom. The van der Waals surface area contributed by atoms with Gasteiger partial charge in [-0.25, -0.2) is 9.19 Å². The molecule has 0 amide bonds. The predicted molar refractivity (Wildman–Crippen MR) is 97.3 cm³/mol. The molecule has 0 spiro atoms. The summed E-state index contributed by atoms with van der Waals surface area (Å²) in [4.78, 5) is 8.67. The number of anilines is 1. The van der Waals surface area contributed by atoms with Gasteiger partial charge in [-0.1, -0.05) is 17.7 Å². The number of allylic oxidation sites excluding steroid dienone is 3. The van der Waals surface area contributed by atoms with E-state index in [0.29, 0.717) is 4.90 Å². The zero-order valence-electron chi connectivity index (χ0n) is 13.1. The lowest BCUT2D eigenvalue weighted by atomic mass is 10.1. The number of likely N-dealkylation sites (N-methyl/N-ethyl adjacent to an activating group) is 1. The molecule has 1 aliphatic rings. The highest BCUT2D eigenvalue weighted by Gasteiger charge is 2.19. The lowest BCUT2D eigenvalue weighted by Gasteiger charge is -2.22. The largest absolute Gasteiger partial charge is 0.383 e. The molecule has 124 valence electrons. The van der Waals surface area contributed by atoms with E-state index in [0.717, 1.165) is 34.7 Å². The van der Waals surface area contributed by atoms with Crippen molar-refractivity contribution in [2.24, 2.45) is 0 Å². The molecular weight excluding hydrogens is 344 g/mol. The number of halogens is 1. The van der Waals surface area contributed by atoms with E-state index in [4.69, 9.17) is 17.3 Å². The summed E-state index contributed by atoms with van der Waals surface area (Å²) < 4.78 is 14.6. The van der Waals surface area contributed by atoms with Crippen LogP contribution in [0.2, 0.25) is 0 Å². The van der Waals surface area contributed by atoms with Crippen molar-refractivity contribution in [2.45, 2.75) is 17.7 Å². The number of nitrogens with two attached hydrogens (primary N) is 1. The second-order valence-electron chi connectivity index (χ2n) is 5.35. The Morgan fingerprint density at radius 3 is 2.75 bits per heavy atom. The van der Waals surface area contributed by atoms with Gasteiger partial charge in [0, 0.05) is 41.9 Å². The molecule has 1 atom stereocenters. The van der Waals surface area contributed by atoms with Crippen molar-refractivity contribution in [3.05, 3.63) is 59.7 Å². The van der Waals surface area contributed by atoms with Crippen molar-refractivity contribution in [3.8, 4) is 11.1 Å². The van der Waals surface area contributed by atoms with Crippen LogP contribution in [-0.4, -0.2) is 25.5 Å². The predicted octanol–water partition coefficient (Wildman–Crippen LogP) is 3.48. The summed E-state index contributed by atoms with van der Waals surface area (Å²) in [6.07, 6.45) is 10.6. The summed E-state index contributed by atoms with van der Waals surface area (Å²) in [6.45, 7) is 0. The third-order valence-electron chi connectivity index (χ3n) is 3.74.